The first-order chi connectivity index (χ1) is 10.1. The van der Waals surface area contributed by atoms with Gasteiger partial charge in [-0.15, -0.1) is 0 Å². The Morgan fingerprint density at radius 1 is 0.571 bits per heavy atom. The summed E-state index contributed by atoms with van der Waals surface area (Å²) in [6, 6.07) is 0. The van der Waals surface area contributed by atoms with Crippen LogP contribution in [0.2, 0.25) is 0 Å². The molecule has 0 heterocycles. The number of fused-ring (bicyclic) bond motifs is 9. The third kappa shape index (κ3) is 1.32. The Bertz CT molecular complexity index is 453. The summed E-state index contributed by atoms with van der Waals surface area (Å²) in [5.41, 5.74) is 0. The summed E-state index contributed by atoms with van der Waals surface area (Å²) < 4.78 is 0. The Kier molecular flexibility index (Phi) is 2.62. The molecule has 0 spiro atoms. The van der Waals surface area contributed by atoms with E-state index in [1.165, 1.54) is 6.42 Å². The molecular weight excluding hydrogens is 252 g/mol. The van der Waals surface area contributed by atoms with E-state index in [0.29, 0.717) is 0 Å². The molecule has 2 bridgehead atoms. The summed E-state index contributed by atoms with van der Waals surface area (Å²) in [5.74, 6) is 14.3. The van der Waals surface area contributed by atoms with E-state index in [4.69, 9.17) is 0 Å². The molecule has 0 aromatic carbocycles. The summed E-state index contributed by atoms with van der Waals surface area (Å²) >= 11 is 0. The van der Waals surface area contributed by atoms with Crippen molar-refractivity contribution in [1.29, 1.82) is 0 Å². The molecular formula is C21H34. The maximum absolute atomic E-state index is 2.57. The van der Waals surface area contributed by atoms with E-state index in [1.54, 1.807) is 12.8 Å². The van der Waals surface area contributed by atoms with Gasteiger partial charge in [0.25, 0.3) is 0 Å². The lowest BCUT2D eigenvalue weighted by molar-refractivity contribution is -0.175. The number of rotatable bonds is 1. The minimum Gasteiger partial charge on any atom is -0.0651 e. The second-order valence-corrected chi connectivity index (χ2v) is 9.94. The van der Waals surface area contributed by atoms with Crippen molar-refractivity contribution >= 4 is 0 Å². The SMILES string of the molecule is CCC1C2C(C)C(C)C2CC2C3CC(C21)C1C(C)C(C)C31. The lowest BCUT2D eigenvalue weighted by atomic mass is 9.40. The number of hydrogen-bond acceptors (Lipinski definition) is 0. The molecule has 5 fully saturated rings. The molecule has 5 aliphatic carbocycles. The van der Waals surface area contributed by atoms with Crippen molar-refractivity contribution in [1.82, 2.24) is 0 Å². The van der Waals surface area contributed by atoms with Crippen LogP contribution in [0.5, 0.6) is 0 Å². The Labute approximate surface area is 131 Å². The molecule has 118 valence electrons. The topological polar surface area (TPSA) is 0 Å². The molecule has 0 aromatic heterocycles. The second-order valence-electron chi connectivity index (χ2n) is 9.94. The van der Waals surface area contributed by atoms with E-state index in [2.05, 4.69) is 34.6 Å². The van der Waals surface area contributed by atoms with E-state index in [9.17, 15) is 0 Å². The summed E-state index contributed by atoms with van der Waals surface area (Å²) in [7, 11) is 0. The quantitative estimate of drug-likeness (QED) is 0.611. The molecule has 5 aliphatic rings. The minimum atomic E-state index is 1.02. The molecule has 5 saturated carbocycles. The van der Waals surface area contributed by atoms with Crippen LogP contribution in [0.15, 0.2) is 0 Å². The van der Waals surface area contributed by atoms with Gasteiger partial charge in [-0.05, 0) is 89.8 Å². The highest BCUT2D eigenvalue weighted by atomic mass is 14.7. The van der Waals surface area contributed by atoms with Gasteiger partial charge in [-0.25, -0.2) is 0 Å². The van der Waals surface area contributed by atoms with Gasteiger partial charge >= 0.3 is 0 Å². The summed E-state index contributed by atoms with van der Waals surface area (Å²) in [4.78, 5) is 0. The van der Waals surface area contributed by atoms with Gasteiger partial charge in [-0.3, -0.25) is 0 Å². The van der Waals surface area contributed by atoms with Gasteiger partial charge in [0.1, 0.15) is 0 Å². The van der Waals surface area contributed by atoms with Crippen molar-refractivity contribution in [3.8, 4) is 0 Å². The highest BCUT2D eigenvalue weighted by Gasteiger charge is 2.70. The number of hydrogen-bond donors (Lipinski definition) is 0. The molecule has 0 aliphatic heterocycles. The third-order valence-corrected chi connectivity index (χ3v) is 10.2. The van der Waals surface area contributed by atoms with Crippen LogP contribution in [0.4, 0.5) is 0 Å². The van der Waals surface area contributed by atoms with E-state index < -0.39 is 0 Å². The summed E-state index contributed by atoms with van der Waals surface area (Å²) in [6.07, 6.45) is 4.74. The zero-order valence-electron chi connectivity index (χ0n) is 14.6. The second kappa shape index (κ2) is 4.09. The summed E-state index contributed by atoms with van der Waals surface area (Å²) in [5, 5.41) is 0. The lowest BCUT2D eigenvalue weighted by Gasteiger charge is -2.65. The van der Waals surface area contributed by atoms with E-state index in [1.807, 2.05) is 0 Å². The van der Waals surface area contributed by atoms with Crippen LogP contribution in [0.1, 0.15) is 53.9 Å². The predicted molar refractivity (Wildman–Crippen MR) is 87.6 cm³/mol. The van der Waals surface area contributed by atoms with Crippen LogP contribution in [-0.4, -0.2) is 0 Å². The monoisotopic (exact) mass is 286 g/mol. The molecule has 0 radical (unpaired) electrons. The lowest BCUT2D eigenvalue weighted by Crippen LogP contribution is -2.60. The van der Waals surface area contributed by atoms with Crippen LogP contribution >= 0.6 is 0 Å². The van der Waals surface area contributed by atoms with Gasteiger partial charge < -0.3 is 0 Å². The fourth-order valence-corrected chi connectivity index (χ4v) is 9.21. The molecule has 21 heavy (non-hydrogen) atoms. The fourth-order valence-electron chi connectivity index (χ4n) is 9.21. The molecule has 13 unspecified atom stereocenters. The largest absolute Gasteiger partial charge is 0.0651 e. The standard InChI is InChI=1S/C21H34/c1-6-13-18-10(3)9(2)14(18)7-16-15-8-17(21(13)16)20-12(5)11(4)19(15)20/h9-21H,6-8H2,1-5H3. The molecule has 0 N–H and O–H groups in total. The van der Waals surface area contributed by atoms with Crippen LogP contribution in [0, 0.1) is 76.9 Å². The predicted octanol–water partition coefficient (Wildman–Crippen LogP) is 5.33. The fraction of sp³-hybridized carbons (Fsp3) is 1.00. The van der Waals surface area contributed by atoms with E-state index in [0.717, 1.165) is 76.9 Å². The highest BCUT2D eigenvalue weighted by molar-refractivity contribution is 5.17. The van der Waals surface area contributed by atoms with Crippen LogP contribution in [0.25, 0.3) is 0 Å². The van der Waals surface area contributed by atoms with Gasteiger partial charge in [0.2, 0.25) is 0 Å². The maximum Gasteiger partial charge on any atom is -0.0320 e. The van der Waals surface area contributed by atoms with Crippen molar-refractivity contribution in [2.45, 2.75) is 53.9 Å². The Morgan fingerprint density at radius 2 is 1.10 bits per heavy atom. The minimum absolute atomic E-state index is 1.02. The average Bonchev–Trinajstić information content (AvgIpc) is 3.05. The molecule has 0 heteroatoms. The molecule has 0 saturated heterocycles. The Morgan fingerprint density at radius 3 is 1.76 bits per heavy atom. The van der Waals surface area contributed by atoms with Crippen molar-refractivity contribution < 1.29 is 0 Å². The van der Waals surface area contributed by atoms with Gasteiger partial charge in [-0.1, -0.05) is 41.0 Å². The van der Waals surface area contributed by atoms with E-state index >= 15 is 0 Å². The van der Waals surface area contributed by atoms with Crippen molar-refractivity contribution in [3.05, 3.63) is 0 Å². The van der Waals surface area contributed by atoms with Gasteiger partial charge in [0.05, 0.1) is 0 Å². The Balaban J connectivity index is 1.49. The molecule has 5 rings (SSSR count). The first kappa shape index (κ1) is 13.4. The van der Waals surface area contributed by atoms with Crippen molar-refractivity contribution in [2.75, 3.05) is 0 Å². The average molecular weight is 287 g/mol. The highest BCUT2D eigenvalue weighted by Crippen LogP contribution is 2.75. The maximum atomic E-state index is 2.57. The third-order valence-electron chi connectivity index (χ3n) is 10.2. The van der Waals surface area contributed by atoms with Crippen LogP contribution in [-0.2, 0) is 0 Å². The molecule has 13 atom stereocenters. The zero-order chi connectivity index (χ0) is 14.6. The molecule has 0 aromatic rings. The first-order valence-electron chi connectivity index (χ1n) is 10.1. The van der Waals surface area contributed by atoms with Gasteiger partial charge in [-0.2, -0.15) is 0 Å². The van der Waals surface area contributed by atoms with Crippen LogP contribution < -0.4 is 0 Å². The van der Waals surface area contributed by atoms with E-state index in [-0.39, 0.29) is 0 Å². The molecule has 0 amide bonds. The first-order valence-corrected chi connectivity index (χ1v) is 10.1. The molecule has 0 nitrogen and oxygen atoms in total. The smallest absolute Gasteiger partial charge is 0.0320 e. The Hall–Kier alpha value is 0. The van der Waals surface area contributed by atoms with Gasteiger partial charge in [0, 0.05) is 0 Å². The van der Waals surface area contributed by atoms with Gasteiger partial charge in [0.15, 0.2) is 0 Å². The summed E-state index contributed by atoms with van der Waals surface area (Å²) in [6.45, 7) is 12.8. The van der Waals surface area contributed by atoms with Crippen molar-refractivity contribution in [3.63, 3.8) is 0 Å². The van der Waals surface area contributed by atoms with Crippen molar-refractivity contribution in [2.24, 2.45) is 76.9 Å². The van der Waals surface area contributed by atoms with Crippen LogP contribution in [0.3, 0.4) is 0 Å². The normalized spacial score (nSPS) is 70.4. The zero-order valence-corrected chi connectivity index (χ0v) is 14.6.